The number of hydrogen-bond acceptors (Lipinski definition) is 4. The van der Waals surface area contributed by atoms with Crippen LogP contribution in [0.2, 0.25) is 5.02 Å². The molecule has 1 aliphatic rings. The Morgan fingerprint density at radius 2 is 2.11 bits per heavy atom. The number of primary amides is 1. The van der Waals surface area contributed by atoms with Crippen LogP contribution in [0, 0.1) is 0 Å². The lowest BCUT2D eigenvalue weighted by molar-refractivity contribution is -0.121. The van der Waals surface area contributed by atoms with Crippen molar-refractivity contribution in [2.75, 3.05) is 12.3 Å². The minimum Gasteiger partial charge on any atom is -0.399 e. The molecular formula is C11H14ClN3O3S. The van der Waals surface area contributed by atoms with Crippen LogP contribution < -0.4 is 11.5 Å². The second-order valence-corrected chi connectivity index (χ2v) is 6.63. The SMILES string of the molecule is NC(=O)C1CCCN1S(=O)(=O)c1cc(N)ccc1Cl. The van der Waals surface area contributed by atoms with Gasteiger partial charge in [-0.15, -0.1) is 0 Å². The molecular weight excluding hydrogens is 290 g/mol. The van der Waals surface area contributed by atoms with Gasteiger partial charge in [0.1, 0.15) is 10.9 Å². The summed E-state index contributed by atoms with van der Waals surface area (Å²) in [5.41, 5.74) is 11.1. The Morgan fingerprint density at radius 3 is 2.74 bits per heavy atom. The molecule has 0 aliphatic carbocycles. The zero-order chi connectivity index (χ0) is 14.2. The van der Waals surface area contributed by atoms with Crippen molar-refractivity contribution < 1.29 is 13.2 Å². The molecule has 1 aliphatic heterocycles. The van der Waals surface area contributed by atoms with Gasteiger partial charge in [-0.05, 0) is 31.0 Å². The average molecular weight is 304 g/mol. The summed E-state index contributed by atoms with van der Waals surface area (Å²) in [7, 11) is -3.87. The summed E-state index contributed by atoms with van der Waals surface area (Å²) in [4.78, 5) is 11.2. The number of benzene rings is 1. The summed E-state index contributed by atoms with van der Waals surface area (Å²) >= 11 is 5.91. The number of halogens is 1. The molecule has 1 amide bonds. The van der Waals surface area contributed by atoms with Crippen LogP contribution in [0.1, 0.15) is 12.8 Å². The standard InChI is InChI=1S/C11H14ClN3O3S/c12-8-4-3-7(13)6-10(8)19(17,18)15-5-1-2-9(15)11(14)16/h3-4,6,9H,1-2,5,13H2,(H2,14,16). The molecule has 1 aromatic rings. The van der Waals surface area contributed by atoms with Crippen molar-refractivity contribution in [3.05, 3.63) is 23.2 Å². The highest BCUT2D eigenvalue weighted by atomic mass is 35.5. The number of amides is 1. The third-order valence-corrected chi connectivity index (χ3v) is 5.46. The fourth-order valence-electron chi connectivity index (χ4n) is 2.16. The zero-order valence-electron chi connectivity index (χ0n) is 10.0. The van der Waals surface area contributed by atoms with Crippen molar-refractivity contribution >= 4 is 33.2 Å². The summed E-state index contributed by atoms with van der Waals surface area (Å²) in [6, 6.07) is 3.40. The zero-order valence-corrected chi connectivity index (χ0v) is 11.6. The first-order valence-electron chi connectivity index (χ1n) is 5.70. The Morgan fingerprint density at radius 1 is 1.42 bits per heavy atom. The largest absolute Gasteiger partial charge is 0.399 e. The number of carbonyl (C=O) groups excluding carboxylic acids is 1. The first-order chi connectivity index (χ1) is 8.84. The van der Waals surface area contributed by atoms with Gasteiger partial charge in [0.25, 0.3) is 0 Å². The molecule has 0 bridgehead atoms. The number of rotatable bonds is 3. The van der Waals surface area contributed by atoms with Gasteiger partial charge in [0.2, 0.25) is 15.9 Å². The predicted molar refractivity (Wildman–Crippen MR) is 72.0 cm³/mol. The highest BCUT2D eigenvalue weighted by molar-refractivity contribution is 7.89. The van der Waals surface area contributed by atoms with Gasteiger partial charge in [-0.25, -0.2) is 8.42 Å². The maximum absolute atomic E-state index is 12.5. The fourth-order valence-corrected chi connectivity index (χ4v) is 4.33. The smallest absolute Gasteiger partial charge is 0.245 e. The molecule has 1 atom stereocenters. The minimum absolute atomic E-state index is 0.0734. The Hall–Kier alpha value is -1.31. The topological polar surface area (TPSA) is 106 Å². The fraction of sp³-hybridized carbons (Fsp3) is 0.364. The van der Waals surface area contributed by atoms with Gasteiger partial charge in [-0.3, -0.25) is 4.79 Å². The van der Waals surface area contributed by atoms with Crippen molar-refractivity contribution in [3.8, 4) is 0 Å². The maximum Gasteiger partial charge on any atom is 0.245 e. The van der Waals surface area contributed by atoms with Crippen LogP contribution in [-0.4, -0.2) is 31.2 Å². The quantitative estimate of drug-likeness (QED) is 0.796. The summed E-state index contributed by atoms with van der Waals surface area (Å²) in [5, 5.41) is 0.0734. The van der Waals surface area contributed by atoms with Crippen LogP contribution in [0.5, 0.6) is 0 Å². The van der Waals surface area contributed by atoms with E-state index in [-0.39, 0.29) is 22.2 Å². The molecule has 0 saturated carbocycles. The lowest BCUT2D eigenvalue weighted by Gasteiger charge is -2.22. The number of nitrogens with zero attached hydrogens (tertiary/aromatic N) is 1. The van der Waals surface area contributed by atoms with E-state index in [1.165, 1.54) is 18.2 Å². The molecule has 2 rings (SSSR count). The molecule has 104 valence electrons. The molecule has 1 unspecified atom stereocenters. The molecule has 0 radical (unpaired) electrons. The van der Waals surface area contributed by atoms with E-state index in [0.29, 0.717) is 12.8 Å². The van der Waals surface area contributed by atoms with E-state index in [2.05, 4.69) is 0 Å². The van der Waals surface area contributed by atoms with E-state index in [0.717, 1.165) is 4.31 Å². The number of nitrogens with two attached hydrogens (primary N) is 2. The Balaban J connectivity index is 2.48. The second-order valence-electron chi connectivity index (χ2n) is 4.37. The highest BCUT2D eigenvalue weighted by Crippen LogP contribution is 2.31. The van der Waals surface area contributed by atoms with Crippen molar-refractivity contribution in [1.82, 2.24) is 4.31 Å². The van der Waals surface area contributed by atoms with E-state index < -0.39 is 22.0 Å². The van der Waals surface area contributed by atoms with E-state index in [9.17, 15) is 13.2 Å². The molecule has 1 saturated heterocycles. The van der Waals surface area contributed by atoms with Crippen LogP contribution >= 0.6 is 11.6 Å². The normalized spacial score (nSPS) is 20.6. The Bertz CT molecular complexity index is 618. The molecule has 1 heterocycles. The first kappa shape index (κ1) is 14.1. The number of carbonyl (C=O) groups is 1. The third kappa shape index (κ3) is 2.54. The number of sulfonamides is 1. The molecule has 8 heteroatoms. The Labute approximate surface area is 116 Å². The number of hydrogen-bond donors (Lipinski definition) is 2. The molecule has 1 aromatic carbocycles. The van der Waals surface area contributed by atoms with E-state index in [1.54, 1.807) is 0 Å². The van der Waals surface area contributed by atoms with Crippen molar-refractivity contribution in [2.45, 2.75) is 23.8 Å². The molecule has 0 spiro atoms. The molecule has 0 aromatic heterocycles. The van der Waals surface area contributed by atoms with Crippen LogP contribution in [0.4, 0.5) is 5.69 Å². The third-order valence-electron chi connectivity index (χ3n) is 3.07. The van der Waals surface area contributed by atoms with Gasteiger partial charge < -0.3 is 11.5 Å². The number of nitrogen functional groups attached to an aromatic ring is 1. The first-order valence-corrected chi connectivity index (χ1v) is 7.52. The van der Waals surface area contributed by atoms with Crippen LogP contribution in [0.3, 0.4) is 0 Å². The predicted octanol–water partition coefficient (Wildman–Crippen LogP) is 0.561. The summed E-state index contributed by atoms with van der Waals surface area (Å²) in [6.45, 7) is 0.251. The van der Waals surface area contributed by atoms with Crippen molar-refractivity contribution in [3.63, 3.8) is 0 Å². The lowest BCUT2D eigenvalue weighted by Crippen LogP contribution is -2.43. The minimum atomic E-state index is -3.87. The summed E-state index contributed by atoms with van der Waals surface area (Å²) in [5.74, 6) is -0.652. The molecule has 1 fully saturated rings. The van der Waals surface area contributed by atoms with Gasteiger partial charge in [-0.1, -0.05) is 11.6 Å². The molecule has 19 heavy (non-hydrogen) atoms. The van der Waals surface area contributed by atoms with Crippen LogP contribution in [-0.2, 0) is 14.8 Å². The van der Waals surface area contributed by atoms with Gasteiger partial charge in [-0.2, -0.15) is 4.31 Å². The monoisotopic (exact) mass is 303 g/mol. The molecule has 6 nitrogen and oxygen atoms in total. The van der Waals surface area contributed by atoms with Crippen molar-refractivity contribution in [2.24, 2.45) is 5.73 Å². The van der Waals surface area contributed by atoms with E-state index in [4.69, 9.17) is 23.1 Å². The van der Waals surface area contributed by atoms with Crippen LogP contribution in [0.15, 0.2) is 23.1 Å². The maximum atomic E-state index is 12.5. The van der Waals surface area contributed by atoms with Crippen LogP contribution in [0.25, 0.3) is 0 Å². The van der Waals surface area contributed by atoms with Crippen molar-refractivity contribution in [1.29, 1.82) is 0 Å². The van der Waals surface area contributed by atoms with Gasteiger partial charge in [0.15, 0.2) is 0 Å². The Kier molecular flexibility index (Phi) is 3.71. The molecule has 4 N–H and O–H groups in total. The van der Waals surface area contributed by atoms with E-state index >= 15 is 0 Å². The number of anilines is 1. The average Bonchev–Trinajstić information content (AvgIpc) is 2.82. The lowest BCUT2D eigenvalue weighted by atomic mass is 10.2. The highest BCUT2D eigenvalue weighted by Gasteiger charge is 2.39. The summed E-state index contributed by atoms with van der Waals surface area (Å²) in [6.07, 6.45) is 1.02. The second kappa shape index (κ2) is 4.99. The van der Waals surface area contributed by atoms with Gasteiger partial charge in [0.05, 0.1) is 5.02 Å². The van der Waals surface area contributed by atoms with Gasteiger partial charge in [0, 0.05) is 12.2 Å². The van der Waals surface area contributed by atoms with Gasteiger partial charge >= 0.3 is 0 Å². The van der Waals surface area contributed by atoms with E-state index in [1.807, 2.05) is 0 Å². The summed E-state index contributed by atoms with van der Waals surface area (Å²) < 4.78 is 26.1.